The summed E-state index contributed by atoms with van der Waals surface area (Å²) in [6.45, 7) is 2.21. The predicted molar refractivity (Wildman–Crippen MR) is 96.6 cm³/mol. The summed E-state index contributed by atoms with van der Waals surface area (Å²) >= 11 is 0. The maximum atomic E-state index is 12.3. The number of nitrogens with zero attached hydrogens (tertiary/aromatic N) is 2. The van der Waals surface area contributed by atoms with E-state index in [1.165, 1.54) is 19.3 Å². The Kier molecular flexibility index (Phi) is 5.03. The summed E-state index contributed by atoms with van der Waals surface area (Å²) in [5.74, 6) is 1.66. The number of nitriles is 1. The lowest BCUT2D eigenvalue weighted by Crippen LogP contribution is -2.32. The van der Waals surface area contributed by atoms with Gasteiger partial charge < -0.3 is 10.1 Å². The summed E-state index contributed by atoms with van der Waals surface area (Å²) in [6, 6.07) is 9.43. The quantitative estimate of drug-likeness (QED) is 0.892. The minimum Gasteiger partial charge on any atom is -0.497 e. The Labute approximate surface area is 146 Å². The van der Waals surface area contributed by atoms with Gasteiger partial charge in [-0.15, -0.1) is 0 Å². The van der Waals surface area contributed by atoms with Crippen LogP contribution < -0.4 is 15.6 Å². The van der Waals surface area contributed by atoms with Gasteiger partial charge in [-0.25, -0.2) is 4.98 Å². The molecule has 1 heterocycles. The number of aromatic amines is 1. The lowest BCUT2D eigenvalue weighted by atomic mass is 9.86. The SMILES string of the molecule is COc1ccc(-c2nc(NC3CCCCC3C)[nH]c(=O)c2C#N)cc1. The van der Waals surface area contributed by atoms with Crippen LogP contribution in [0.15, 0.2) is 29.1 Å². The van der Waals surface area contributed by atoms with Crippen molar-refractivity contribution in [1.82, 2.24) is 9.97 Å². The second kappa shape index (κ2) is 7.39. The van der Waals surface area contributed by atoms with Crippen molar-refractivity contribution in [2.45, 2.75) is 38.6 Å². The van der Waals surface area contributed by atoms with E-state index < -0.39 is 5.56 Å². The lowest BCUT2D eigenvalue weighted by molar-refractivity contribution is 0.348. The molecular formula is C19H22N4O2. The summed E-state index contributed by atoms with van der Waals surface area (Å²) in [5.41, 5.74) is 0.699. The van der Waals surface area contributed by atoms with Gasteiger partial charge in [0.2, 0.25) is 5.95 Å². The number of H-pyrrole nitrogens is 1. The Hall–Kier alpha value is -2.81. The molecule has 6 nitrogen and oxygen atoms in total. The van der Waals surface area contributed by atoms with Gasteiger partial charge in [0, 0.05) is 11.6 Å². The predicted octanol–water partition coefficient (Wildman–Crippen LogP) is 3.31. The molecule has 2 N–H and O–H groups in total. The van der Waals surface area contributed by atoms with Crippen LogP contribution in [0.5, 0.6) is 5.75 Å². The molecule has 0 saturated heterocycles. The highest BCUT2D eigenvalue weighted by atomic mass is 16.5. The van der Waals surface area contributed by atoms with E-state index in [0.29, 0.717) is 28.9 Å². The molecule has 2 atom stereocenters. The van der Waals surface area contributed by atoms with Gasteiger partial charge in [-0.05, 0) is 43.0 Å². The van der Waals surface area contributed by atoms with Gasteiger partial charge in [-0.2, -0.15) is 5.26 Å². The summed E-state index contributed by atoms with van der Waals surface area (Å²) < 4.78 is 5.16. The Morgan fingerprint density at radius 3 is 2.64 bits per heavy atom. The van der Waals surface area contributed by atoms with Crippen LogP contribution in [0.1, 0.15) is 38.2 Å². The molecule has 1 aromatic heterocycles. The molecule has 25 heavy (non-hydrogen) atoms. The minimum atomic E-state index is -0.422. The van der Waals surface area contributed by atoms with E-state index in [9.17, 15) is 10.1 Å². The number of ether oxygens (including phenoxy) is 1. The standard InChI is InChI=1S/C19H22N4O2/c1-12-5-3-4-6-16(12)21-19-22-17(15(11-20)18(24)23-19)13-7-9-14(25-2)10-8-13/h7-10,12,16H,3-6H2,1-2H3,(H2,21,22,23,24). The van der Waals surface area contributed by atoms with Crippen molar-refractivity contribution in [2.75, 3.05) is 12.4 Å². The van der Waals surface area contributed by atoms with E-state index in [4.69, 9.17) is 4.74 Å². The molecule has 130 valence electrons. The topological polar surface area (TPSA) is 90.8 Å². The van der Waals surface area contributed by atoms with Gasteiger partial charge in [0.05, 0.1) is 12.8 Å². The van der Waals surface area contributed by atoms with Crippen LogP contribution in [0.3, 0.4) is 0 Å². The van der Waals surface area contributed by atoms with Gasteiger partial charge in [-0.3, -0.25) is 9.78 Å². The van der Waals surface area contributed by atoms with Gasteiger partial charge >= 0.3 is 0 Å². The molecule has 1 aromatic carbocycles. The van der Waals surface area contributed by atoms with E-state index in [1.54, 1.807) is 31.4 Å². The number of benzene rings is 1. The third-order valence-electron chi connectivity index (χ3n) is 4.83. The zero-order valence-electron chi connectivity index (χ0n) is 14.5. The molecule has 0 amide bonds. The first-order chi connectivity index (χ1) is 12.1. The number of hydrogen-bond acceptors (Lipinski definition) is 5. The molecule has 1 saturated carbocycles. The normalized spacial score (nSPS) is 19.9. The van der Waals surface area contributed by atoms with Crippen molar-refractivity contribution in [1.29, 1.82) is 5.26 Å². The molecule has 1 aliphatic carbocycles. The first-order valence-electron chi connectivity index (χ1n) is 8.57. The van der Waals surface area contributed by atoms with Crippen molar-refractivity contribution < 1.29 is 4.74 Å². The number of hydrogen-bond donors (Lipinski definition) is 2. The molecular weight excluding hydrogens is 316 g/mol. The fourth-order valence-corrected chi connectivity index (χ4v) is 3.31. The highest BCUT2D eigenvalue weighted by Gasteiger charge is 2.22. The highest BCUT2D eigenvalue weighted by Crippen LogP contribution is 2.27. The van der Waals surface area contributed by atoms with Crippen LogP contribution in [0.25, 0.3) is 11.3 Å². The van der Waals surface area contributed by atoms with E-state index in [-0.39, 0.29) is 11.6 Å². The molecule has 0 aliphatic heterocycles. The van der Waals surface area contributed by atoms with Crippen molar-refractivity contribution >= 4 is 5.95 Å². The van der Waals surface area contributed by atoms with E-state index in [2.05, 4.69) is 22.2 Å². The average Bonchev–Trinajstić information content (AvgIpc) is 2.63. The molecule has 1 fully saturated rings. The van der Waals surface area contributed by atoms with Crippen LogP contribution >= 0.6 is 0 Å². The number of rotatable bonds is 4. The Morgan fingerprint density at radius 2 is 2.00 bits per heavy atom. The third kappa shape index (κ3) is 3.66. The van der Waals surface area contributed by atoms with E-state index in [0.717, 1.165) is 6.42 Å². The molecule has 2 unspecified atom stereocenters. The Morgan fingerprint density at radius 1 is 1.28 bits per heavy atom. The van der Waals surface area contributed by atoms with Crippen molar-refractivity contribution in [3.8, 4) is 23.1 Å². The molecule has 3 rings (SSSR count). The van der Waals surface area contributed by atoms with E-state index in [1.807, 2.05) is 6.07 Å². The Balaban J connectivity index is 1.97. The highest BCUT2D eigenvalue weighted by molar-refractivity contribution is 5.67. The van der Waals surface area contributed by atoms with Crippen LogP contribution in [-0.4, -0.2) is 23.1 Å². The monoisotopic (exact) mass is 338 g/mol. The zero-order valence-corrected chi connectivity index (χ0v) is 14.5. The Bertz CT molecular complexity index is 836. The fraction of sp³-hybridized carbons (Fsp3) is 0.421. The van der Waals surface area contributed by atoms with Crippen molar-refractivity contribution in [3.05, 3.63) is 40.2 Å². The molecule has 0 radical (unpaired) electrons. The van der Waals surface area contributed by atoms with Gasteiger partial charge in [0.1, 0.15) is 17.4 Å². The fourth-order valence-electron chi connectivity index (χ4n) is 3.31. The molecule has 0 spiro atoms. The number of aromatic nitrogens is 2. The number of methoxy groups -OCH3 is 1. The van der Waals surface area contributed by atoms with Gasteiger partial charge in [0.15, 0.2) is 0 Å². The van der Waals surface area contributed by atoms with Gasteiger partial charge in [0.25, 0.3) is 5.56 Å². The third-order valence-corrected chi connectivity index (χ3v) is 4.83. The van der Waals surface area contributed by atoms with Crippen molar-refractivity contribution in [3.63, 3.8) is 0 Å². The maximum absolute atomic E-state index is 12.3. The first kappa shape index (κ1) is 17.0. The smallest absolute Gasteiger partial charge is 0.270 e. The first-order valence-corrected chi connectivity index (χ1v) is 8.57. The van der Waals surface area contributed by atoms with Crippen molar-refractivity contribution in [2.24, 2.45) is 5.92 Å². The zero-order chi connectivity index (χ0) is 17.8. The average molecular weight is 338 g/mol. The number of nitrogens with one attached hydrogen (secondary N) is 2. The summed E-state index contributed by atoms with van der Waals surface area (Å²) in [6.07, 6.45) is 4.65. The lowest BCUT2D eigenvalue weighted by Gasteiger charge is -2.29. The van der Waals surface area contributed by atoms with Crippen LogP contribution in [0.2, 0.25) is 0 Å². The van der Waals surface area contributed by atoms with Crippen LogP contribution in [-0.2, 0) is 0 Å². The molecule has 0 bridgehead atoms. The number of anilines is 1. The van der Waals surface area contributed by atoms with Crippen LogP contribution in [0, 0.1) is 17.2 Å². The minimum absolute atomic E-state index is 0.0207. The summed E-state index contributed by atoms with van der Waals surface area (Å²) in [7, 11) is 1.59. The van der Waals surface area contributed by atoms with E-state index >= 15 is 0 Å². The summed E-state index contributed by atoms with van der Waals surface area (Å²) in [5, 5.41) is 12.7. The largest absolute Gasteiger partial charge is 0.497 e. The molecule has 6 heteroatoms. The summed E-state index contributed by atoms with van der Waals surface area (Å²) in [4.78, 5) is 19.6. The second-order valence-electron chi connectivity index (χ2n) is 6.49. The second-order valence-corrected chi connectivity index (χ2v) is 6.49. The maximum Gasteiger partial charge on any atom is 0.270 e. The van der Waals surface area contributed by atoms with Crippen LogP contribution in [0.4, 0.5) is 5.95 Å². The molecule has 2 aromatic rings. The molecule has 1 aliphatic rings. The van der Waals surface area contributed by atoms with Gasteiger partial charge in [-0.1, -0.05) is 19.8 Å².